The van der Waals surface area contributed by atoms with Crippen LogP contribution in [0, 0.1) is 5.82 Å². The largest absolute Gasteiger partial charge is 0.489 e. The molecule has 1 N–H and O–H groups in total. The summed E-state index contributed by atoms with van der Waals surface area (Å²) in [6.45, 7) is 9.22. The van der Waals surface area contributed by atoms with Crippen molar-refractivity contribution in [3.05, 3.63) is 63.4 Å². The number of halogens is 3. The van der Waals surface area contributed by atoms with Gasteiger partial charge in [-0.15, -0.1) is 0 Å². The van der Waals surface area contributed by atoms with E-state index < -0.39 is 0 Å². The molecule has 0 aliphatic rings. The van der Waals surface area contributed by atoms with E-state index in [0.29, 0.717) is 16.6 Å². The van der Waals surface area contributed by atoms with Gasteiger partial charge in [0, 0.05) is 35.8 Å². The van der Waals surface area contributed by atoms with E-state index in [9.17, 15) is 4.39 Å². The highest BCUT2D eigenvalue weighted by Gasteiger charge is 2.08. The molecule has 0 fully saturated rings. The second-order valence-corrected chi connectivity index (χ2v) is 6.82. The third-order valence-corrected chi connectivity index (χ3v) is 4.82. The molecule has 2 rings (SSSR count). The summed E-state index contributed by atoms with van der Waals surface area (Å²) in [7, 11) is 0. The van der Waals surface area contributed by atoms with Crippen molar-refractivity contribution >= 4 is 23.2 Å². The maximum atomic E-state index is 13.1. The Hall–Kier alpha value is -1.33. The average Bonchev–Trinajstić information content (AvgIpc) is 2.62. The lowest BCUT2D eigenvalue weighted by molar-refractivity contribution is 0.295. The average molecular weight is 399 g/mol. The van der Waals surface area contributed by atoms with E-state index in [-0.39, 0.29) is 12.4 Å². The fraction of sp³-hybridized carbons (Fsp3) is 0.400. The van der Waals surface area contributed by atoms with Crippen LogP contribution in [-0.2, 0) is 13.2 Å². The number of likely N-dealkylation sites (N-methyl/N-ethyl adjacent to an activating group) is 1. The van der Waals surface area contributed by atoms with Crippen LogP contribution in [0.1, 0.15) is 25.0 Å². The van der Waals surface area contributed by atoms with Gasteiger partial charge in [-0.25, -0.2) is 4.39 Å². The highest BCUT2D eigenvalue weighted by Crippen LogP contribution is 2.25. The summed E-state index contributed by atoms with van der Waals surface area (Å²) in [4.78, 5) is 2.36. The maximum absolute atomic E-state index is 13.1. The second kappa shape index (κ2) is 10.7. The monoisotopic (exact) mass is 398 g/mol. The van der Waals surface area contributed by atoms with Crippen molar-refractivity contribution in [3.63, 3.8) is 0 Å². The molecule has 0 aliphatic heterocycles. The topological polar surface area (TPSA) is 24.5 Å². The van der Waals surface area contributed by atoms with E-state index in [0.717, 1.165) is 43.1 Å². The smallest absolute Gasteiger partial charge is 0.124 e. The van der Waals surface area contributed by atoms with Gasteiger partial charge in [-0.1, -0.05) is 43.1 Å². The van der Waals surface area contributed by atoms with E-state index in [1.165, 1.54) is 12.1 Å². The van der Waals surface area contributed by atoms with E-state index in [2.05, 4.69) is 24.1 Å². The molecule has 0 aromatic heterocycles. The molecule has 26 heavy (non-hydrogen) atoms. The van der Waals surface area contributed by atoms with Gasteiger partial charge in [0.25, 0.3) is 0 Å². The standard InChI is InChI=1S/C20H25Cl2FN2O/c1-3-25(4-2)10-9-24-13-16-11-17(21)6-8-20(16)26-14-15-5-7-18(23)12-19(15)22/h5-8,11-12,24H,3-4,9-10,13-14H2,1-2H3. The molecular weight excluding hydrogens is 374 g/mol. The molecule has 0 aliphatic carbocycles. The van der Waals surface area contributed by atoms with Gasteiger partial charge >= 0.3 is 0 Å². The quantitative estimate of drug-likeness (QED) is 0.560. The van der Waals surface area contributed by atoms with E-state index in [4.69, 9.17) is 27.9 Å². The zero-order valence-corrected chi connectivity index (χ0v) is 16.7. The predicted molar refractivity (Wildman–Crippen MR) is 107 cm³/mol. The number of hydrogen-bond donors (Lipinski definition) is 1. The number of rotatable bonds is 10. The fourth-order valence-electron chi connectivity index (χ4n) is 2.62. The first-order valence-electron chi connectivity index (χ1n) is 8.81. The Morgan fingerprint density at radius 1 is 1.04 bits per heavy atom. The van der Waals surface area contributed by atoms with E-state index in [1.54, 1.807) is 12.1 Å². The van der Waals surface area contributed by atoms with Gasteiger partial charge in [-0.2, -0.15) is 0 Å². The number of nitrogens with one attached hydrogen (secondary N) is 1. The Kier molecular flexibility index (Phi) is 8.66. The van der Waals surface area contributed by atoms with Crippen LogP contribution in [0.25, 0.3) is 0 Å². The Morgan fingerprint density at radius 3 is 2.50 bits per heavy atom. The summed E-state index contributed by atoms with van der Waals surface area (Å²) in [6, 6.07) is 9.84. The highest BCUT2D eigenvalue weighted by molar-refractivity contribution is 6.31. The normalized spacial score (nSPS) is 11.2. The van der Waals surface area contributed by atoms with E-state index in [1.807, 2.05) is 12.1 Å². The van der Waals surface area contributed by atoms with Gasteiger partial charge in [-0.3, -0.25) is 0 Å². The summed E-state index contributed by atoms with van der Waals surface area (Å²) < 4.78 is 19.1. The molecule has 0 heterocycles. The molecule has 0 atom stereocenters. The second-order valence-electron chi connectivity index (χ2n) is 5.98. The summed E-state index contributed by atoms with van der Waals surface area (Å²) in [5.41, 5.74) is 1.72. The van der Waals surface area contributed by atoms with Gasteiger partial charge in [0.1, 0.15) is 18.2 Å². The molecule has 2 aromatic rings. The van der Waals surface area contributed by atoms with Gasteiger partial charge in [0.2, 0.25) is 0 Å². The van der Waals surface area contributed by atoms with Gasteiger partial charge < -0.3 is 15.0 Å². The van der Waals surface area contributed by atoms with Crippen LogP contribution in [0.15, 0.2) is 36.4 Å². The van der Waals surface area contributed by atoms with Crippen LogP contribution < -0.4 is 10.1 Å². The molecule has 0 bridgehead atoms. The maximum Gasteiger partial charge on any atom is 0.124 e. The predicted octanol–water partition coefficient (Wildman–Crippen LogP) is 5.14. The third kappa shape index (κ3) is 6.44. The summed E-state index contributed by atoms with van der Waals surface area (Å²) in [5.74, 6) is 0.383. The molecule has 2 aromatic carbocycles. The molecule has 0 unspecified atom stereocenters. The highest BCUT2D eigenvalue weighted by atomic mass is 35.5. The lowest BCUT2D eigenvalue weighted by atomic mass is 10.2. The van der Waals surface area contributed by atoms with Crippen molar-refractivity contribution in [1.29, 1.82) is 0 Å². The van der Waals surface area contributed by atoms with Crippen molar-refractivity contribution in [2.45, 2.75) is 27.0 Å². The van der Waals surface area contributed by atoms with Crippen molar-refractivity contribution in [2.75, 3.05) is 26.2 Å². The van der Waals surface area contributed by atoms with Crippen molar-refractivity contribution in [3.8, 4) is 5.75 Å². The minimum atomic E-state index is -0.358. The lowest BCUT2D eigenvalue weighted by Gasteiger charge is -2.18. The number of benzene rings is 2. The molecule has 0 amide bonds. The molecule has 0 saturated heterocycles. The van der Waals surface area contributed by atoms with Crippen LogP contribution in [0.3, 0.4) is 0 Å². The van der Waals surface area contributed by atoms with E-state index >= 15 is 0 Å². The van der Waals surface area contributed by atoms with Crippen molar-refractivity contribution in [1.82, 2.24) is 10.2 Å². The first kappa shape index (κ1) is 21.0. The Balaban J connectivity index is 1.96. The number of hydrogen-bond acceptors (Lipinski definition) is 3. The van der Waals surface area contributed by atoms with Gasteiger partial charge in [-0.05, 0) is 43.4 Å². The lowest BCUT2D eigenvalue weighted by Crippen LogP contribution is -2.31. The first-order chi connectivity index (χ1) is 12.5. The molecular formula is C20H25Cl2FN2O. The Morgan fingerprint density at radius 2 is 1.81 bits per heavy atom. The van der Waals surface area contributed by atoms with Crippen molar-refractivity contribution < 1.29 is 9.13 Å². The van der Waals surface area contributed by atoms with Gasteiger partial charge in [0.05, 0.1) is 5.02 Å². The number of ether oxygens (including phenoxy) is 1. The summed E-state index contributed by atoms with van der Waals surface area (Å²) in [6.07, 6.45) is 0. The zero-order chi connectivity index (χ0) is 18.9. The zero-order valence-electron chi connectivity index (χ0n) is 15.2. The first-order valence-corrected chi connectivity index (χ1v) is 9.57. The van der Waals surface area contributed by atoms with Crippen LogP contribution in [-0.4, -0.2) is 31.1 Å². The molecule has 6 heteroatoms. The van der Waals surface area contributed by atoms with Crippen LogP contribution in [0.2, 0.25) is 10.0 Å². The number of nitrogens with zero attached hydrogens (tertiary/aromatic N) is 1. The van der Waals surface area contributed by atoms with Crippen LogP contribution >= 0.6 is 23.2 Å². The van der Waals surface area contributed by atoms with Gasteiger partial charge in [0.15, 0.2) is 0 Å². The summed E-state index contributed by atoms with van der Waals surface area (Å²) >= 11 is 12.2. The molecule has 0 radical (unpaired) electrons. The van der Waals surface area contributed by atoms with Crippen molar-refractivity contribution in [2.24, 2.45) is 0 Å². The Labute approximate surface area is 165 Å². The minimum absolute atomic E-state index is 0.271. The van der Waals surface area contributed by atoms with Crippen LogP contribution in [0.4, 0.5) is 4.39 Å². The summed E-state index contributed by atoms with van der Waals surface area (Å²) in [5, 5.41) is 4.45. The molecule has 3 nitrogen and oxygen atoms in total. The third-order valence-electron chi connectivity index (χ3n) is 4.24. The molecule has 142 valence electrons. The molecule has 0 saturated carbocycles. The minimum Gasteiger partial charge on any atom is -0.489 e. The SMILES string of the molecule is CCN(CC)CCNCc1cc(Cl)ccc1OCc1ccc(F)cc1Cl. The fourth-order valence-corrected chi connectivity index (χ4v) is 3.04. The Bertz CT molecular complexity index is 708. The van der Waals surface area contributed by atoms with Crippen LogP contribution in [0.5, 0.6) is 5.75 Å². The molecule has 0 spiro atoms.